The zero-order valence-electron chi connectivity index (χ0n) is 12.5. The molecule has 1 fully saturated rings. The molecule has 0 aromatic carbocycles. The van der Waals surface area contributed by atoms with Crippen LogP contribution in [0.15, 0.2) is 6.20 Å². The lowest BCUT2D eigenvalue weighted by molar-refractivity contribution is 0.454. The predicted octanol–water partition coefficient (Wildman–Crippen LogP) is 2.62. The van der Waals surface area contributed by atoms with Crippen LogP contribution in [0.5, 0.6) is 0 Å². The molecule has 2 aliphatic rings. The van der Waals surface area contributed by atoms with Crippen LogP contribution in [0, 0.1) is 0 Å². The second-order valence-electron chi connectivity index (χ2n) is 6.16. The number of aryl methyl sites for hydroxylation is 1. The number of fused-ring (bicyclic) bond motifs is 1. The molecule has 3 rings (SSSR count). The second kappa shape index (κ2) is 6.08. The first kappa shape index (κ1) is 13.8. The lowest BCUT2D eigenvalue weighted by atomic mass is 9.86. The molecule has 0 bridgehead atoms. The summed E-state index contributed by atoms with van der Waals surface area (Å²) in [4.78, 5) is 11.9. The summed E-state index contributed by atoms with van der Waals surface area (Å²) in [5.41, 5.74) is 8.60. The Hall–Kier alpha value is -1.16. The third-order valence-corrected chi connectivity index (χ3v) is 4.92. The van der Waals surface area contributed by atoms with Gasteiger partial charge in [0.15, 0.2) is 0 Å². The van der Waals surface area contributed by atoms with Gasteiger partial charge in [-0.3, -0.25) is 0 Å². The van der Waals surface area contributed by atoms with Gasteiger partial charge in [0, 0.05) is 31.2 Å². The van der Waals surface area contributed by atoms with Crippen LogP contribution in [0.25, 0.3) is 0 Å². The molecule has 2 heterocycles. The number of aromatic nitrogens is 2. The fourth-order valence-corrected chi connectivity index (χ4v) is 3.68. The monoisotopic (exact) mass is 274 g/mol. The molecule has 0 saturated carbocycles. The maximum Gasteiger partial charge on any atom is 0.225 e. The van der Waals surface area contributed by atoms with E-state index in [-0.39, 0.29) is 0 Å². The first-order valence-corrected chi connectivity index (χ1v) is 8.16. The molecule has 2 unspecified atom stereocenters. The van der Waals surface area contributed by atoms with Gasteiger partial charge >= 0.3 is 0 Å². The molecule has 0 amide bonds. The largest absolute Gasteiger partial charge is 0.337 e. The molecule has 0 spiro atoms. The van der Waals surface area contributed by atoms with Crippen LogP contribution in [-0.4, -0.2) is 29.1 Å². The van der Waals surface area contributed by atoms with Gasteiger partial charge in [-0.2, -0.15) is 0 Å². The molecule has 1 aliphatic carbocycles. The molecule has 110 valence electrons. The summed E-state index contributed by atoms with van der Waals surface area (Å²) >= 11 is 0. The van der Waals surface area contributed by atoms with E-state index in [0.717, 1.165) is 18.9 Å². The fraction of sp³-hybridized carbons (Fsp3) is 0.750. The third kappa shape index (κ3) is 2.53. The number of nitrogens with zero attached hydrogens (tertiary/aromatic N) is 3. The summed E-state index contributed by atoms with van der Waals surface area (Å²) in [5.74, 6) is 1.54. The molecule has 0 radical (unpaired) electrons. The summed E-state index contributed by atoms with van der Waals surface area (Å²) in [7, 11) is 0. The highest BCUT2D eigenvalue weighted by Gasteiger charge is 2.26. The Morgan fingerprint density at radius 2 is 2.20 bits per heavy atom. The van der Waals surface area contributed by atoms with Crippen LogP contribution in [0.2, 0.25) is 0 Å². The Balaban J connectivity index is 1.90. The molecule has 1 aliphatic heterocycles. The average molecular weight is 274 g/mol. The van der Waals surface area contributed by atoms with E-state index in [1.165, 1.54) is 49.8 Å². The molecule has 2 atom stereocenters. The quantitative estimate of drug-likeness (QED) is 0.920. The van der Waals surface area contributed by atoms with Crippen molar-refractivity contribution in [3.05, 3.63) is 17.5 Å². The number of hydrogen-bond donors (Lipinski definition) is 1. The van der Waals surface area contributed by atoms with Gasteiger partial charge in [0.1, 0.15) is 0 Å². The van der Waals surface area contributed by atoms with Gasteiger partial charge in [-0.15, -0.1) is 0 Å². The fourth-order valence-electron chi connectivity index (χ4n) is 3.68. The molecule has 4 nitrogen and oxygen atoms in total. The van der Waals surface area contributed by atoms with E-state index >= 15 is 0 Å². The lowest BCUT2D eigenvalue weighted by Crippen LogP contribution is -2.45. The van der Waals surface area contributed by atoms with Crippen LogP contribution >= 0.6 is 0 Å². The summed E-state index contributed by atoms with van der Waals surface area (Å²) in [6.45, 7) is 4.03. The number of piperidine rings is 1. The summed E-state index contributed by atoms with van der Waals surface area (Å²) < 4.78 is 0. The highest BCUT2D eigenvalue weighted by molar-refractivity contribution is 5.37. The van der Waals surface area contributed by atoms with Gasteiger partial charge in [0.05, 0.1) is 5.69 Å². The van der Waals surface area contributed by atoms with Crippen molar-refractivity contribution in [1.82, 2.24) is 9.97 Å². The first-order chi connectivity index (χ1) is 9.83. The Bertz CT molecular complexity index is 460. The maximum atomic E-state index is 5.93. The van der Waals surface area contributed by atoms with Crippen molar-refractivity contribution in [3.8, 4) is 0 Å². The van der Waals surface area contributed by atoms with Gasteiger partial charge in [0.25, 0.3) is 0 Å². The number of anilines is 1. The molecule has 2 N–H and O–H groups in total. The van der Waals surface area contributed by atoms with Gasteiger partial charge in [0.2, 0.25) is 5.95 Å². The number of nitrogens with two attached hydrogens (primary N) is 1. The van der Waals surface area contributed by atoms with Gasteiger partial charge < -0.3 is 10.6 Å². The smallest absolute Gasteiger partial charge is 0.225 e. The standard InChI is InChI=1S/C16H26N4/c1-2-12-6-5-7-13-11-18-16(19-15(12)13)20-9-4-3-8-14(20)10-17/h11-12,14H,2-10,17H2,1H3. The minimum absolute atomic E-state index is 0.422. The van der Waals surface area contributed by atoms with E-state index in [2.05, 4.69) is 23.0 Å². The normalized spacial score (nSPS) is 26.4. The van der Waals surface area contributed by atoms with Crippen LogP contribution in [0.1, 0.15) is 62.6 Å². The van der Waals surface area contributed by atoms with E-state index in [0.29, 0.717) is 18.5 Å². The molecule has 4 heteroatoms. The van der Waals surface area contributed by atoms with Gasteiger partial charge in [-0.1, -0.05) is 6.92 Å². The summed E-state index contributed by atoms with van der Waals surface area (Å²) in [5, 5.41) is 0. The predicted molar refractivity (Wildman–Crippen MR) is 82.0 cm³/mol. The zero-order chi connectivity index (χ0) is 13.9. The van der Waals surface area contributed by atoms with Crippen LogP contribution in [0.4, 0.5) is 5.95 Å². The van der Waals surface area contributed by atoms with E-state index in [9.17, 15) is 0 Å². The van der Waals surface area contributed by atoms with Gasteiger partial charge in [-0.05, 0) is 50.5 Å². The maximum absolute atomic E-state index is 5.93. The molecular weight excluding hydrogens is 248 g/mol. The second-order valence-corrected chi connectivity index (χ2v) is 6.16. The zero-order valence-corrected chi connectivity index (χ0v) is 12.5. The van der Waals surface area contributed by atoms with E-state index in [1.54, 1.807) is 0 Å². The van der Waals surface area contributed by atoms with E-state index in [4.69, 9.17) is 10.7 Å². The molecule has 1 aromatic rings. The van der Waals surface area contributed by atoms with E-state index in [1.807, 2.05) is 0 Å². The average Bonchev–Trinajstić information content (AvgIpc) is 2.53. The van der Waals surface area contributed by atoms with Crippen molar-refractivity contribution in [2.75, 3.05) is 18.0 Å². The lowest BCUT2D eigenvalue weighted by Gasteiger charge is -2.36. The van der Waals surface area contributed by atoms with Gasteiger partial charge in [-0.25, -0.2) is 9.97 Å². The van der Waals surface area contributed by atoms with Crippen molar-refractivity contribution in [2.45, 2.75) is 63.8 Å². The molecule has 20 heavy (non-hydrogen) atoms. The van der Waals surface area contributed by atoms with Crippen molar-refractivity contribution >= 4 is 5.95 Å². The Labute approximate surface area is 121 Å². The minimum Gasteiger partial charge on any atom is -0.337 e. The van der Waals surface area contributed by atoms with Crippen LogP contribution in [0.3, 0.4) is 0 Å². The topological polar surface area (TPSA) is 55.0 Å². The highest BCUT2D eigenvalue weighted by atomic mass is 15.3. The van der Waals surface area contributed by atoms with Crippen molar-refractivity contribution in [2.24, 2.45) is 5.73 Å². The van der Waals surface area contributed by atoms with Crippen LogP contribution < -0.4 is 10.6 Å². The number of hydrogen-bond acceptors (Lipinski definition) is 4. The number of rotatable bonds is 3. The highest BCUT2D eigenvalue weighted by Crippen LogP contribution is 2.33. The van der Waals surface area contributed by atoms with E-state index < -0.39 is 0 Å². The molecule has 1 saturated heterocycles. The summed E-state index contributed by atoms with van der Waals surface area (Å²) in [6, 6.07) is 0.422. The SMILES string of the molecule is CCC1CCCc2cnc(N3CCCCC3CN)nc21. The Morgan fingerprint density at radius 3 is 3.00 bits per heavy atom. The van der Waals surface area contributed by atoms with Crippen molar-refractivity contribution in [3.63, 3.8) is 0 Å². The Kier molecular flexibility index (Phi) is 4.20. The molecule has 1 aromatic heterocycles. The minimum atomic E-state index is 0.422. The first-order valence-electron chi connectivity index (χ1n) is 8.16. The summed E-state index contributed by atoms with van der Waals surface area (Å²) in [6.07, 6.45) is 10.6. The van der Waals surface area contributed by atoms with Crippen molar-refractivity contribution < 1.29 is 0 Å². The van der Waals surface area contributed by atoms with Crippen molar-refractivity contribution in [1.29, 1.82) is 0 Å². The Morgan fingerprint density at radius 1 is 1.30 bits per heavy atom. The molecular formula is C16H26N4. The third-order valence-electron chi connectivity index (χ3n) is 4.92. The van der Waals surface area contributed by atoms with Crippen LogP contribution in [-0.2, 0) is 6.42 Å².